The van der Waals surface area contributed by atoms with Crippen LogP contribution in [0.3, 0.4) is 0 Å². The molecule has 1 aliphatic heterocycles. The predicted molar refractivity (Wildman–Crippen MR) is 98.0 cm³/mol. The van der Waals surface area contributed by atoms with Crippen molar-refractivity contribution < 1.29 is 14.3 Å². The Morgan fingerprint density at radius 3 is 2.50 bits per heavy atom. The van der Waals surface area contributed by atoms with E-state index in [-0.39, 0.29) is 5.69 Å². The van der Waals surface area contributed by atoms with E-state index in [1.54, 1.807) is 0 Å². The van der Waals surface area contributed by atoms with Gasteiger partial charge in [-0.15, -0.1) is 0 Å². The van der Waals surface area contributed by atoms with Crippen LogP contribution in [0.2, 0.25) is 0 Å². The fourth-order valence-electron chi connectivity index (χ4n) is 2.83. The zero-order valence-electron chi connectivity index (χ0n) is 14.7. The fourth-order valence-corrected chi connectivity index (χ4v) is 2.83. The molecule has 7 heteroatoms. The first-order valence-electron chi connectivity index (χ1n) is 8.76. The van der Waals surface area contributed by atoms with Crippen molar-refractivity contribution in [3.05, 3.63) is 48.5 Å². The minimum atomic E-state index is -0.939. The number of esters is 1. The van der Waals surface area contributed by atoms with Gasteiger partial charge in [0.05, 0.1) is 6.20 Å². The molecule has 1 amide bonds. The number of carbonyl (C=O) groups is 2. The van der Waals surface area contributed by atoms with Gasteiger partial charge in [-0.1, -0.05) is 0 Å². The smallest absolute Gasteiger partial charge is 0.359 e. The van der Waals surface area contributed by atoms with Crippen LogP contribution in [0.5, 0.6) is 0 Å². The molecular weight excluding hydrogens is 332 g/mol. The molecule has 1 aromatic carbocycles. The molecular formula is C19H22N4O3. The number of nitrogens with zero attached hydrogens (tertiary/aromatic N) is 3. The first-order valence-corrected chi connectivity index (χ1v) is 8.76. The number of piperidine rings is 1. The Hall–Kier alpha value is -2.96. The minimum absolute atomic E-state index is 0.0676. The van der Waals surface area contributed by atoms with Crippen LogP contribution in [0.4, 0.5) is 11.4 Å². The van der Waals surface area contributed by atoms with Gasteiger partial charge in [0.15, 0.2) is 11.8 Å². The Labute approximate surface area is 152 Å². The molecule has 1 aliphatic rings. The zero-order valence-corrected chi connectivity index (χ0v) is 14.7. The summed E-state index contributed by atoms with van der Waals surface area (Å²) in [5, 5.41) is 2.76. The molecule has 1 saturated heterocycles. The quantitative estimate of drug-likeness (QED) is 0.831. The van der Waals surface area contributed by atoms with E-state index in [1.165, 1.54) is 44.8 Å². The largest absolute Gasteiger partial charge is 0.448 e. The average molecular weight is 354 g/mol. The third-order valence-corrected chi connectivity index (χ3v) is 4.28. The Balaban J connectivity index is 1.54. The van der Waals surface area contributed by atoms with Gasteiger partial charge in [-0.25, -0.2) is 9.78 Å². The number of benzene rings is 1. The normalized spacial score (nSPS) is 15.2. The van der Waals surface area contributed by atoms with Crippen molar-refractivity contribution in [1.82, 2.24) is 9.97 Å². The van der Waals surface area contributed by atoms with E-state index in [0.717, 1.165) is 18.8 Å². The van der Waals surface area contributed by atoms with E-state index < -0.39 is 18.0 Å². The second-order valence-electron chi connectivity index (χ2n) is 6.22. The lowest BCUT2D eigenvalue weighted by Crippen LogP contribution is -2.30. The summed E-state index contributed by atoms with van der Waals surface area (Å²) in [7, 11) is 0. The minimum Gasteiger partial charge on any atom is -0.448 e. The highest BCUT2D eigenvalue weighted by atomic mass is 16.5. The molecule has 1 atom stereocenters. The Morgan fingerprint density at radius 1 is 1.12 bits per heavy atom. The van der Waals surface area contributed by atoms with Gasteiger partial charge in [0.1, 0.15) is 0 Å². The van der Waals surface area contributed by atoms with Crippen LogP contribution in [0.15, 0.2) is 42.9 Å². The van der Waals surface area contributed by atoms with Crippen molar-refractivity contribution in [3.63, 3.8) is 0 Å². The van der Waals surface area contributed by atoms with Gasteiger partial charge in [-0.3, -0.25) is 9.78 Å². The molecule has 3 rings (SSSR count). The van der Waals surface area contributed by atoms with Gasteiger partial charge in [0.2, 0.25) is 0 Å². The summed E-state index contributed by atoms with van der Waals surface area (Å²) in [5.74, 6) is -1.07. The standard InChI is InChI=1S/C19H22N4O3/c1-14(26-19(25)17-13-20-9-10-21-17)18(24)22-15-5-7-16(8-6-15)23-11-3-2-4-12-23/h5-10,13-14H,2-4,11-12H2,1H3,(H,22,24)/t14-/m1/s1. The summed E-state index contributed by atoms with van der Waals surface area (Å²) in [4.78, 5) is 34.2. The SMILES string of the molecule is C[C@@H](OC(=O)c1cnccn1)C(=O)Nc1ccc(N2CCCCC2)cc1. The second-order valence-corrected chi connectivity index (χ2v) is 6.22. The number of aromatic nitrogens is 2. The van der Waals surface area contributed by atoms with Crippen LogP contribution in [0.25, 0.3) is 0 Å². The lowest BCUT2D eigenvalue weighted by atomic mass is 10.1. The van der Waals surface area contributed by atoms with Gasteiger partial charge >= 0.3 is 5.97 Å². The van der Waals surface area contributed by atoms with E-state index in [0.29, 0.717) is 5.69 Å². The van der Waals surface area contributed by atoms with E-state index in [1.807, 2.05) is 24.3 Å². The number of amides is 1. The molecule has 2 heterocycles. The summed E-state index contributed by atoms with van der Waals surface area (Å²) in [6.45, 7) is 3.66. The summed E-state index contributed by atoms with van der Waals surface area (Å²) in [5.41, 5.74) is 1.89. The highest BCUT2D eigenvalue weighted by Gasteiger charge is 2.20. The molecule has 2 aromatic rings. The number of nitrogens with one attached hydrogen (secondary N) is 1. The van der Waals surface area contributed by atoms with Gasteiger partial charge in [-0.05, 0) is 50.5 Å². The van der Waals surface area contributed by atoms with Crippen LogP contribution in [0.1, 0.15) is 36.7 Å². The van der Waals surface area contributed by atoms with Gasteiger partial charge < -0.3 is 15.0 Å². The van der Waals surface area contributed by atoms with Crippen molar-refractivity contribution in [2.24, 2.45) is 0 Å². The number of hydrogen-bond acceptors (Lipinski definition) is 6. The Bertz CT molecular complexity index is 743. The fraction of sp³-hybridized carbons (Fsp3) is 0.368. The summed E-state index contributed by atoms with van der Waals surface area (Å²) >= 11 is 0. The van der Waals surface area contributed by atoms with Gasteiger partial charge in [0.25, 0.3) is 5.91 Å². The number of carbonyl (C=O) groups excluding carboxylic acids is 2. The number of rotatable bonds is 5. The molecule has 1 fully saturated rings. The van der Waals surface area contributed by atoms with Crippen LogP contribution in [-0.4, -0.2) is 41.0 Å². The highest BCUT2D eigenvalue weighted by molar-refractivity contribution is 5.96. The number of anilines is 2. The van der Waals surface area contributed by atoms with Crippen molar-refractivity contribution in [2.75, 3.05) is 23.3 Å². The predicted octanol–water partition coefficient (Wildman–Crippen LogP) is 2.65. The average Bonchev–Trinajstić information content (AvgIpc) is 2.70. The maximum Gasteiger partial charge on any atom is 0.359 e. The summed E-state index contributed by atoms with van der Waals surface area (Å²) < 4.78 is 5.13. The second kappa shape index (κ2) is 8.42. The van der Waals surface area contributed by atoms with Crippen LogP contribution in [0, 0.1) is 0 Å². The zero-order chi connectivity index (χ0) is 18.4. The molecule has 0 spiro atoms. The molecule has 136 valence electrons. The van der Waals surface area contributed by atoms with Crippen molar-refractivity contribution >= 4 is 23.3 Å². The third kappa shape index (κ3) is 4.56. The monoisotopic (exact) mass is 354 g/mol. The van der Waals surface area contributed by atoms with Gasteiger partial charge in [0, 0.05) is 36.9 Å². The lowest BCUT2D eigenvalue weighted by Gasteiger charge is -2.28. The number of ether oxygens (including phenoxy) is 1. The number of hydrogen-bond donors (Lipinski definition) is 1. The first-order chi connectivity index (χ1) is 12.6. The molecule has 1 N–H and O–H groups in total. The lowest BCUT2D eigenvalue weighted by molar-refractivity contribution is -0.123. The van der Waals surface area contributed by atoms with Crippen LogP contribution in [-0.2, 0) is 9.53 Å². The van der Waals surface area contributed by atoms with Crippen LogP contribution < -0.4 is 10.2 Å². The summed E-state index contributed by atoms with van der Waals surface area (Å²) in [6.07, 6.45) is 6.93. The Morgan fingerprint density at radius 2 is 1.85 bits per heavy atom. The molecule has 26 heavy (non-hydrogen) atoms. The summed E-state index contributed by atoms with van der Waals surface area (Å²) in [6, 6.07) is 7.71. The van der Waals surface area contributed by atoms with Crippen molar-refractivity contribution in [2.45, 2.75) is 32.3 Å². The molecule has 0 unspecified atom stereocenters. The molecule has 7 nitrogen and oxygen atoms in total. The van der Waals surface area contributed by atoms with E-state index in [9.17, 15) is 9.59 Å². The highest BCUT2D eigenvalue weighted by Crippen LogP contribution is 2.22. The first kappa shape index (κ1) is 17.8. The maximum absolute atomic E-state index is 12.2. The maximum atomic E-state index is 12.2. The topological polar surface area (TPSA) is 84.4 Å². The van der Waals surface area contributed by atoms with E-state index in [4.69, 9.17) is 4.74 Å². The van der Waals surface area contributed by atoms with E-state index in [2.05, 4.69) is 20.2 Å². The molecule has 0 aliphatic carbocycles. The molecule has 0 bridgehead atoms. The third-order valence-electron chi connectivity index (χ3n) is 4.28. The van der Waals surface area contributed by atoms with Crippen molar-refractivity contribution in [3.8, 4) is 0 Å². The van der Waals surface area contributed by atoms with E-state index >= 15 is 0 Å². The van der Waals surface area contributed by atoms with Crippen molar-refractivity contribution in [1.29, 1.82) is 0 Å². The molecule has 0 saturated carbocycles. The Kier molecular flexibility index (Phi) is 5.78. The van der Waals surface area contributed by atoms with Crippen LogP contribution >= 0.6 is 0 Å². The van der Waals surface area contributed by atoms with Gasteiger partial charge in [-0.2, -0.15) is 0 Å². The molecule has 1 aromatic heterocycles. The molecule has 0 radical (unpaired) electrons.